The summed E-state index contributed by atoms with van der Waals surface area (Å²) in [6, 6.07) is 7.28. The lowest BCUT2D eigenvalue weighted by Crippen LogP contribution is -2.37. The van der Waals surface area contributed by atoms with E-state index in [1.54, 1.807) is 12.1 Å². The number of amides is 2. The zero-order chi connectivity index (χ0) is 14.1. The Morgan fingerprint density at radius 1 is 1.21 bits per heavy atom. The quantitative estimate of drug-likeness (QED) is 0.667. The van der Waals surface area contributed by atoms with Crippen molar-refractivity contribution in [3.05, 3.63) is 35.4 Å². The molecule has 5 heteroatoms. The predicted octanol–water partition coefficient (Wildman–Crippen LogP) is 0.444. The molecule has 0 bridgehead atoms. The third-order valence-corrected chi connectivity index (χ3v) is 2.66. The lowest BCUT2D eigenvalue weighted by Gasteiger charge is -2.09. The van der Waals surface area contributed by atoms with Crippen LogP contribution in [-0.2, 0) is 11.2 Å². The van der Waals surface area contributed by atoms with Gasteiger partial charge in [-0.25, -0.2) is 0 Å². The Morgan fingerprint density at radius 3 is 2.63 bits per heavy atom. The SMILES string of the molecule is CCCNC(=O)CNC(=O)c1ccccc1CCN. The summed E-state index contributed by atoms with van der Waals surface area (Å²) in [5.74, 6) is -0.415. The molecule has 1 aromatic rings. The average molecular weight is 263 g/mol. The van der Waals surface area contributed by atoms with Gasteiger partial charge in [-0.15, -0.1) is 0 Å². The average Bonchev–Trinajstić information content (AvgIpc) is 2.43. The molecule has 0 aliphatic heterocycles. The van der Waals surface area contributed by atoms with Gasteiger partial charge in [-0.05, 0) is 31.0 Å². The van der Waals surface area contributed by atoms with E-state index < -0.39 is 0 Å². The molecule has 0 saturated heterocycles. The highest BCUT2D eigenvalue weighted by Crippen LogP contribution is 2.08. The maximum absolute atomic E-state index is 12.0. The molecule has 0 radical (unpaired) electrons. The van der Waals surface area contributed by atoms with Crippen LogP contribution in [0, 0.1) is 0 Å². The van der Waals surface area contributed by atoms with E-state index in [0.29, 0.717) is 25.1 Å². The molecule has 5 nitrogen and oxygen atoms in total. The van der Waals surface area contributed by atoms with Crippen LogP contribution in [0.5, 0.6) is 0 Å². The van der Waals surface area contributed by atoms with Crippen LogP contribution in [0.15, 0.2) is 24.3 Å². The largest absolute Gasteiger partial charge is 0.355 e. The van der Waals surface area contributed by atoms with E-state index in [2.05, 4.69) is 10.6 Å². The standard InChI is InChI=1S/C14H21N3O2/c1-2-9-16-13(18)10-17-14(19)12-6-4-3-5-11(12)7-8-15/h3-6H,2,7-10,15H2,1H3,(H,16,18)(H,17,19). The van der Waals surface area contributed by atoms with Crippen LogP contribution < -0.4 is 16.4 Å². The van der Waals surface area contributed by atoms with Crippen LogP contribution in [-0.4, -0.2) is 31.4 Å². The summed E-state index contributed by atoms with van der Waals surface area (Å²) < 4.78 is 0. The summed E-state index contributed by atoms with van der Waals surface area (Å²) in [5.41, 5.74) is 6.99. The summed E-state index contributed by atoms with van der Waals surface area (Å²) in [7, 11) is 0. The fourth-order valence-electron chi connectivity index (χ4n) is 1.70. The number of nitrogens with one attached hydrogen (secondary N) is 2. The fourth-order valence-corrected chi connectivity index (χ4v) is 1.70. The molecule has 0 spiro atoms. The summed E-state index contributed by atoms with van der Waals surface area (Å²) in [6.07, 6.45) is 1.52. The first kappa shape index (κ1) is 15.2. The summed E-state index contributed by atoms with van der Waals surface area (Å²) in [4.78, 5) is 23.4. The number of carbonyl (C=O) groups excluding carboxylic acids is 2. The second-order valence-corrected chi connectivity index (χ2v) is 4.23. The highest BCUT2D eigenvalue weighted by Gasteiger charge is 2.11. The Hall–Kier alpha value is -1.88. The Kier molecular flexibility index (Phi) is 6.60. The smallest absolute Gasteiger partial charge is 0.251 e. The molecule has 104 valence electrons. The van der Waals surface area contributed by atoms with Crippen molar-refractivity contribution in [3.8, 4) is 0 Å². The minimum atomic E-state index is -0.240. The minimum Gasteiger partial charge on any atom is -0.355 e. The topological polar surface area (TPSA) is 84.2 Å². The number of rotatable bonds is 7. The Labute approximate surface area is 113 Å². The molecule has 1 aromatic carbocycles. The van der Waals surface area contributed by atoms with Gasteiger partial charge in [0.25, 0.3) is 5.91 Å². The van der Waals surface area contributed by atoms with Crippen LogP contribution >= 0.6 is 0 Å². The molecule has 4 N–H and O–H groups in total. The second-order valence-electron chi connectivity index (χ2n) is 4.23. The maximum atomic E-state index is 12.0. The van der Waals surface area contributed by atoms with Gasteiger partial charge in [0.2, 0.25) is 5.91 Å². The molecular formula is C14H21N3O2. The molecule has 2 amide bonds. The van der Waals surface area contributed by atoms with E-state index in [1.165, 1.54) is 0 Å². The normalized spacial score (nSPS) is 10.0. The van der Waals surface area contributed by atoms with Gasteiger partial charge in [0.15, 0.2) is 0 Å². The summed E-state index contributed by atoms with van der Waals surface area (Å²) >= 11 is 0. The zero-order valence-corrected chi connectivity index (χ0v) is 11.2. The van der Waals surface area contributed by atoms with Gasteiger partial charge >= 0.3 is 0 Å². The van der Waals surface area contributed by atoms with Crippen molar-refractivity contribution < 1.29 is 9.59 Å². The third kappa shape index (κ3) is 5.09. The van der Waals surface area contributed by atoms with Crippen LogP contribution in [0.1, 0.15) is 29.3 Å². The molecule has 0 atom stereocenters. The summed E-state index contributed by atoms with van der Waals surface area (Å²) in [6.45, 7) is 3.08. The zero-order valence-electron chi connectivity index (χ0n) is 11.2. The molecule has 0 heterocycles. The van der Waals surface area contributed by atoms with Crippen molar-refractivity contribution >= 4 is 11.8 Å². The first-order chi connectivity index (χ1) is 9.19. The monoisotopic (exact) mass is 263 g/mol. The first-order valence-electron chi connectivity index (χ1n) is 6.52. The predicted molar refractivity (Wildman–Crippen MR) is 74.8 cm³/mol. The van der Waals surface area contributed by atoms with Gasteiger partial charge in [0, 0.05) is 12.1 Å². The van der Waals surface area contributed by atoms with Crippen LogP contribution in [0.3, 0.4) is 0 Å². The molecule has 0 aliphatic rings. The van der Waals surface area contributed by atoms with E-state index in [9.17, 15) is 9.59 Å². The van der Waals surface area contributed by atoms with E-state index >= 15 is 0 Å². The molecule has 0 unspecified atom stereocenters. The number of hydrogen-bond acceptors (Lipinski definition) is 3. The van der Waals surface area contributed by atoms with Crippen molar-refractivity contribution in [1.29, 1.82) is 0 Å². The van der Waals surface area contributed by atoms with Crippen molar-refractivity contribution in [3.63, 3.8) is 0 Å². The maximum Gasteiger partial charge on any atom is 0.251 e. The van der Waals surface area contributed by atoms with E-state index in [1.807, 2.05) is 19.1 Å². The minimum absolute atomic E-state index is 0.00417. The Morgan fingerprint density at radius 2 is 1.95 bits per heavy atom. The number of hydrogen-bond donors (Lipinski definition) is 3. The highest BCUT2D eigenvalue weighted by molar-refractivity contribution is 5.97. The van der Waals surface area contributed by atoms with Crippen molar-refractivity contribution in [2.24, 2.45) is 5.73 Å². The van der Waals surface area contributed by atoms with Crippen LogP contribution in [0.2, 0.25) is 0 Å². The lowest BCUT2D eigenvalue weighted by atomic mass is 10.0. The first-order valence-corrected chi connectivity index (χ1v) is 6.52. The number of benzene rings is 1. The Bertz CT molecular complexity index is 432. The molecule has 1 rings (SSSR count). The fraction of sp³-hybridized carbons (Fsp3) is 0.429. The van der Waals surface area contributed by atoms with E-state index in [4.69, 9.17) is 5.73 Å². The highest BCUT2D eigenvalue weighted by atomic mass is 16.2. The van der Waals surface area contributed by atoms with Gasteiger partial charge in [0.05, 0.1) is 6.54 Å². The van der Waals surface area contributed by atoms with E-state index in [0.717, 1.165) is 12.0 Å². The van der Waals surface area contributed by atoms with Gasteiger partial charge in [-0.3, -0.25) is 9.59 Å². The lowest BCUT2D eigenvalue weighted by molar-refractivity contribution is -0.120. The van der Waals surface area contributed by atoms with Crippen molar-refractivity contribution in [1.82, 2.24) is 10.6 Å². The van der Waals surface area contributed by atoms with Gasteiger partial charge in [0.1, 0.15) is 0 Å². The van der Waals surface area contributed by atoms with Gasteiger partial charge in [-0.2, -0.15) is 0 Å². The summed E-state index contributed by atoms with van der Waals surface area (Å²) in [5, 5.41) is 5.32. The molecule has 0 aliphatic carbocycles. The van der Waals surface area contributed by atoms with Crippen molar-refractivity contribution in [2.45, 2.75) is 19.8 Å². The third-order valence-electron chi connectivity index (χ3n) is 2.66. The molecule has 0 fully saturated rings. The van der Waals surface area contributed by atoms with Gasteiger partial charge in [-0.1, -0.05) is 25.1 Å². The second kappa shape index (κ2) is 8.26. The molecule has 0 aromatic heterocycles. The van der Waals surface area contributed by atoms with Crippen molar-refractivity contribution in [2.75, 3.05) is 19.6 Å². The Balaban J connectivity index is 2.56. The molecule has 0 saturated carbocycles. The number of carbonyl (C=O) groups is 2. The molecule has 19 heavy (non-hydrogen) atoms. The molecular weight excluding hydrogens is 242 g/mol. The van der Waals surface area contributed by atoms with E-state index in [-0.39, 0.29) is 18.4 Å². The van der Waals surface area contributed by atoms with Crippen LogP contribution in [0.25, 0.3) is 0 Å². The van der Waals surface area contributed by atoms with Gasteiger partial charge < -0.3 is 16.4 Å². The number of nitrogens with two attached hydrogens (primary N) is 1. The van der Waals surface area contributed by atoms with Crippen LogP contribution in [0.4, 0.5) is 0 Å².